The Morgan fingerprint density at radius 2 is 1.76 bits per heavy atom. The number of hydrogen-bond donors (Lipinski definition) is 2. The maximum atomic E-state index is 12.5. The van der Waals surface area contributed by atoms with E-state index in [0.717, 1.165) is 44.1 Å². The highest BCUT2D eigenvalue weighted by Gasteiger charge is 2.35. The number of rotatable bonds is 6. The zero-order valence-electron chi connectivity index (χ0n) is 14.0. The number of nitrogens with two attached hydrogens (primary N) is 1. The van der Waals surface area contributed by atoms with Gasteiger partial charge >= 0.3 is 0 Å². The minimum atomic E-state index is 0.0949. The van der Waals surface area contributed by atoms with E-state index in [2.05, 4.69) is 19.2 Å². The lowest BCUT2D eigenvalue weighted by Gasteiger charge is -2.39. The molecule has 0 aromatic heterocycles. The molecule has 0 saturated heterocycles. The maximum absolute atomic E-state index is 12.5. The lowest BCUT2D eigenvalue weighted by molar-refractivity contribution is -0.127. The third kappa shape index (κ3) is 4.00. The summed E-state index contributed by atoms with van der Waals surface area (Å²) in [7, 11) is 0. The lowest BCUT2D eigenvalue weighted by atomic mass is 9.67. The summed E-state index contributed by atoms with van der Waals surface area (Å²) in [5, 5.41) is 3.22. The zero-order valence-corrected chi connectivity index (χ0v) is 14.0. The summed E-state index contributed by atoms with van der Waals surface area (Å²) >= 11 is 0. The van der Waals surface area contributed by atoms with Crippen molar-refractivity contribution in [3.8, 4) is 0 Å². The van der Waals surface area contributed by atoms with Crippen molar-refractivity contribution < 1.29 is 4.79 Å². The summed E-state index contributed by atoms with van der Waals surface area (Å²) in [5.41, 5.74) is 6.02. The van der Waals surface area contributed by atoms with Gasteiger partial charge in [0.15, 0.2) is 0 Å². The molecule has 2 rings (SSSR count). The van der Waals surface area contributed by atoms with E-state index in [9.17, 15) is 4.79 Å². The summed E-state index contributed by atoms with van der Waals surface area (Å²) in [6.45, 7) is 5.76. The molecular formula is C18H34N2O. The van der Waals surface area contributed by atoms with Crippen molar-refractivity contribution in [3.63, 3.8) is 0 Å². The molecule has 2 aliphatic rings. The van der Waals surface area contributed by atoms with Gasteiger partial charge in [0.05, 0.1) is 0 Å². The quantitative estimate of drug-likeness (QED) is 0.788. The van der Waals surface area contributed by atoms with Crippen molar-refractivity contribution in [1.82, 2.24) is 5.32 Å². The number of fused-ring (bicyclic) bond motifs is 1. The van der Waals surface area contributed by atoms with Crippen LogP contribution in [0.4, 0.5) is 0 Å². The summed E-state index contributed by atoms with van der Waals surface area (Å²) in [4.78, 5) is 12.5. The zero-order chi connectivity index (χ0) is 15.3. The Morgan fingerprint density at radius 1 is 1.10 bits per heavy atom. The largest absolute Gasteiger partial charge is 0.355 e. The summed E-state index contributed by atoms with van der Waals surface area (Å²) in [5.74, 6) is 2.28. The minimum Gasteiger partial charge on any atom is -0.355 e. The number of carbonyl (C=O) groups is 1. The molecule has 0 spiro atoms. The molecule has 21 heavy (non-hydrogen) atoms. The number of amides is 1. The van der Waals surface area contributed by atoms with Crippen LogP contribution in [0.2, 0.25) is 0 Å². The maximum Gasteiger partial charge on any atom is 0.223 e. The van der Waals surface area contributed by atoms with Crippen molar-refractivity contribution in [3.05, 3.63) is 0 Å². The van der Waals surface area contributed by atoms with Crippen LogP contribution in [-0.2, 0) is 4.79 Å². The lowest BCUT2D eigenvalue weighted by Crippen LogP contribution is -2.45. The molecule has 3 nitrogen and oxygen atoms in total. The third-order valence-corrected chi connectivity index (χ3v) is 6.48. The molecular weight excluding hydrogens is 260 g/mol. The van der Waals surface area contributed by atoms with Crippen LogP contribution in [0.15, 0.2) is 0 Å². The molecule has 3 N–H and O–H groups in total. The van der Waals surface area contributed by atoms with Crippen LogP contribution in [0.5, 0.6) is 0 Å². The molecule has 0 radical (unpaired) electrons. The van der Waals surface area contributed by atoms with E-state index in [4.69, 9.17) is 5.73 Å². The molecule has 0 aliphatic heterocycles. The fraction of sp³-hybridized carbons (Fsp3) is 0.944. The molecule has 0 aromatic carbocycles. The van der Waals surface area contributed by atoms with Gasteiger partial charge < -0.3 is 11.1 Å². The molecule has 0 bridgehead atoms. The first-order valence-electron chi connectivity index (χ1n) is 9.12. The van der Waals surface area contributed by atoms with Gasteiger partial charge in [-0.15, -0.1) is 0 Å². The van der Waals surface area contributed by atoms with Crippen molar-refractivity contribution in [2.24, 2.45) is 28.9 Å². The van der Waals surface area contributed by atoms with Crippen LogP contribution < -0.4 is 11.1 Å². The highest BCUT2D eigenvalue weighted by Crippen LogP contribution is 2.42. The Labute approximate surface area is 130 Å². The first-order valence-corrected chi connectivity index (χ1v) is 9.12. The van der Waals surface area contributed by atoms with Gasteiger partial charge in [0.1, 0.15) is 0 Å². The van der Waals surface area contributed by atoms with Crippen LogP contribution in [-0.4, -0.2) is 19.0 Å². The smallest absolute Gasteiger partial charge is 0.223 e. The Kier molecular flexibility index (Phi) is 6.09. The van der Waals surface area contributed by atoms with E-state index in [1.165, 1.54) is 32.1 Å². The number of nitrogens with one attached hydrogen (secondary N) is 1. The van der Waals surface area contributed by atoms with Crippen LogP contribution in [0.1, 0.15) is 71.6 Å². The number of carbonyl (C=O) groups excluding carboxylic acids is 1. The Hall–Kier alpha value is -0.570. The van der Waals surface area contributed by atoms with Crippen LogP contribution >= 0.6 is 0 Å². The van der Waals surface area contributed by atoms with Gasteiger partial charge in [-0.2, -0.15) is 0 Å². The number of hydrogen-bond acceptors (Lipinski definition) is 2. The van der Waals surface area contributed by atoms with Crippen LogP contribution in [0, 0.1) is 23.2 Å². The van der Waals surface area contributed by atoms with Gasteiger partial charge in [0, 0.05) is 12.5 Å². The van der Waals surface area contributed by atoms with Crippen LogP contribution in [0.3, 0.4) is 0 Å². The minimum absolute atomic E-state index is 0.0949. The highest BCUT2D eigenvalue weighted by molar-refractivity contribution is 5.78. The fourth-order valence-corrected chi connectivity index (χ4v) is 4.39. The molecule has 122 valence electrons. The Morgan fingerprint density at radius 3 is 2.38 bits per heavy atom. The van der Waals surface area contributed by atoms with E-state index in [0.29, 0.717) is 12.5 Å². The van der Waals surface area contributed by atoms with Crippen molar-refractivity contribution in [2.75, 3.05) is 13.1 Å². The monoisotopic (exact) mass is 294 g/mol. The van der Waals surface area contributed by atoms with E-state index >= 15 is 0 Å². The molecule has 2 aliphatic carbocycles. The first-order chi connectivity index (χ1) is 10.1. The predicted octanol–water partition coefficient (Wildman–Crippen LogP) is 3.47. The predicted molar refractivity (Wildman–Crippen MR) is 87.9 cm³/mol. The SMILES string of the molecule is CCC(CC)(CN)CNC(=O)C1CCC2CCCCC2C1. The van der Waals surface area contributed by atoms with Gasteiger partial charge in [-0.05, 0) is 55.9 Å². The van der Waals surface area contributed by atoms with Gasteiger partial charge in [-0.1, -0.05) is 39.5 Å². The van der Waals surface area contributed by atoms with Gasteiger partial charge in [0.2, 0.25) is 5.91 Å². The van der Waals surface area contributed by atoms with Crippen molar-refractivity contribution in [2.45, 2.75) is 71.6 Å². The molecule has 3 atom stereocenters. The average Bonchev–Trinajstić information content (AvgIpc) is 2.56. The highest BCUT2D eigenvalue weighted by atomic mass is 16.1. The van der Waals surface area contributed by atoms with Gasteiger partial charge in [-0.25, -0.2) is 0 Å². The van der Waals surface area contributed by atoms with Gasteiger partial charge in [0.25, 0.3) is 0 Å². The normalized spacial score (nSPS) is 29.8. The first kappa shape index (κ1) is 16.8. The van der Waals surface area contributed by atoms with Gasteiger partial charge in [-0.3, -0.25) is 4.79 Å². The van der Waals surface area contributed by atoms with Crippen molar-refractivity contribution >= 4 is 5.91 Å². The molecule has 3 heteroatoms. The van der Waals surface area contributed by atoms with E-state index in [1.807, 2.05) is 0 Å². The molecule has 0 heterocycles. The molecule has 2 fully saturated rings. The average molecular weight is 294 g/mol. The standard InChI is InChI=1S/C18H34N2O/c1-3-18(4-2,12-19)13-20-17(21)16-10-9-14-7-5-6-8-15(14)11-16/h14-16H,3-13,19H2,1-2H3,(H,20,21). The third-order valence-electron chi connectivity index (χ3n) is 6.48. The topological polar surface area (TPSA) is 55.1 Å². The summed E-state index contributed by atoms with van der Waals surface area (Å²) < 4.78 is 0. The summed E-state index contributed by atoms with van der Waals surface area (Å²) in [6, 6.07) is 0. The molecule has 1 amide bonds. The van der Waals surface area contributed by atoms with E-state index < -0.39 is 0 Å². The second-order valence-corrected chi connectivity index (χ2v) is 7.44. The second kappa shape index (κ2) is 7.62. The Balaban J connectivity index is 1.83. The molecule has 3 unspecified atom stereocenters. The fourth-order valence-electron chi connectivity index (χ4n) is 4.39. The van der Waals surface area contributed by atoms with E-state index in [1.54, 1.807) is 0 Å². The molecule has 2 saturated carbocycles. The molecule has 0 aromatic rings. The Bertz CT molecular complexity index is 330. The second-order valence-electron chi connectivity index (χ2n) is 7.44. The van der Waals surface area contributed by atoms with Crippen molar-refractivity contribution in [1.29, 1.82) is 0 Å². The van der Waals surface area contributed by atoms with Crippen LogP contribution in [0.25, 0.3) is 0 Å². The van der Waals surface area contributed by atoms with E-state index in [-0.39, 0.29) is 11.3 Å². The summed E-state index contributed by atoms with van der Waals surface area (Å²) in [6.07, 6.45) is 11.1.